The lowest BCUT2D eigenvalue weighted by Gasteiger charge is -2.15. The molecule has 0 saturated carbocycles. The first-order valence-corrected chi connectivity index (χ1v) is 7.53. The topological polar surface area (TPSA) is 28.1 Å². The molecule has 0 atom stereocenters. The number of aromatic amines is 1. The summed E-state index contributed by atoms with van der Waals surface area (Å²) in [6, 6.07) is 9.05. The maximum atomic E-state index is 13.1. The molecule has 2 nitrogen and oxygen atoms in total. The van der Waals surface area contributed by atoms with E-state index in [0.29, 0.717) is 17.7 Å². The molecule has 1 aromatic heterocycles. The predicted octanol–water partition coefficient (Wildman–Crippen LogP) is 6.15. The highest BCUT2D eigenvalue weighted by Gasteiger charge is 2.40. The van der Waals surface area contributed by atoms with Crippen LogP contribution in [0.25, 0.3) is 10.9 Å². The van der Waals surface area contributed by atoms with Crippen LogP contribution in [-0.4, -0.2) is 11.2 Å². The summed E-state index contributed by atoms with van der Waals surface area (Å²) >= 11 is 0. The first-order valence-electron chi connectivity index (χ1n) is 7.53. The molecule has 3 aromatic rings. The van der Waals surface area contributed by atoms with Crippen molar-refractivity contribution in [1.29, 1.82) is 0 Å². The second-order valence-electron chi connectivity index (χ2n) is 5.57. The summed E-state index contributed by atoms with van der Waals surface area (Å²) in [5, 5.41) is 0.891. The number of rotatable bonds is 3. The van der Waals surface area contributed by atoms with Gasteiger partial charge in [-0.05, 0) is 29.1 Å². The van der Waals surface area contributed by atoms with Gasteiger partial charge in [0.15, 0.2) is 0 Å². The molecular formula is C18H12F6N2. The highest BCUT2D eigenvalue weighted by Crippen LogP contribution is 2.43. The molecule has 0 bridgehead atoms. The van der Waals surface area contributed by atoms with E-state index in [0.717, 1.165) is 23.2 Å². The number of aromatic nitrogens is 1. The second-order valence-corrected chi connectivity index (χ2v) is 5.57. The van der Waals surface area contributed by atoms with Crippen LogP contribution >= 0.6 is 0 Å². The van der Waals surface area contributed by atoms with Crippen LogP contribution in [-0.2, 0) is 18.8 Å². The molecule has 1 N–H and O–H groups in total. The summed E-state index contributed by atoms with van der Waals surface area (Å²) in [6.45, 7) is 0. The van der Waals surface area contributed by atoms with E-state index in [1.165, 1.54) is 0 Å². The van der Waals surface area contributed by atoms with Crippen molar-refractivity contribution in [3.8, 4) is 0 Å². The summed E-state index contributed by atoms with van der Waals surface area (Å²) in [7, 11) is 0. The smallest absolute Gasteiger partial charge is 0.361 e. The van der Waals surface area contributed by atoms with Crippen LogP contribution in [0.4, 0.5) is 32.0 Å². The number of nitrogens with zero attached hydrogens (tertiary/aromatic N) is 1. The van der Waals surface area contributed by atoms with E-state index in [2.05, 4.69) is 9.98 Å². The minimum absolute atomic E-state index is 0.0847. The molecule has 0 fully saturated rings. The van der Waals surface area contributed by atoms with Crippen molar-refractivity contribution in [2.45, 2.75) is 18.8 Å². The third kappa shape index (κ3) is 3.58. The van der Waals surface area contributed by atoms with E-state index < -0.39 is 29.2 Å². The fourth-order valence-corrected chi connectivity index (χ4v) is 2.70. The second kappa shape index (κ2) is 6.51. The lowest BCUT2D eigenvalue weighted by molar-refractivity contribution is -0.141. The van der Waals surface area contributed by atoms with Crippen LogP contribution in [0.5, 0.6) is 0 Å². The van der Waals surface area contributed by atoms with Crippen LogP contribution in [0.15, 0.2) is 53.7 Å². The molecule has 0 amide bonds. The van der Waals surface area contributed by atoms with Gasteiger partial charge in [-0.15, -0.1) is 0 Å². The van der Waals surface area contributed by atoms with Crippen molar-refractivity contribution in [3.05, 3.63) is 65.4 Å². The summed E-state index contributed by atoms with van der Waals surface area (Å²) in [5.74, 6) is 0. The normalized spacial score (nSPS) is 13.0. The summed E-state index contributed by atoms with van der Waals surface area (Å²) < 4.78 is 78.5. The molecular weight excluding hydrogens is 358 g/mol. The number of benzene rings is 2. The molecule has 3 rings (SSSR count). The maximum absolute atomic E-state index is 13.1. The van der Waals surface area contributed by atoms with Gasteiger partial charge in [-0.2, -0.15) is 26.3 Å². The number of nitrogens with one attached hydrogen (secondary N) is 1. The highest BCUT2D eigenvalue weighted by atomic mass is 19.4. The molecule has 0 aliphatic carbocycles. The van der Waals surface area contributed by atoms with Crippen LogP contribution in [0.1, 0.15) is 16.7 Å². The van der Waals surface area contributed by atoms with Crippen LogP contribution in [0.3, 0.4) is 0 Å². The van der Waals surface area contributed by atoms with Crippen LogP contribution in [0.2, 0.25) is 0 Å². The van der Waals surface area contributed by atoms with E-state index in [9.17, 15) is 26.3 Å². The Morgan fingerprint density at radius 3 is 2.08 bits per heavy atom. The van der Waals surface area contributed by atoms with Gasteiger partial charge in [0.1, 0.15) is 0 Å². The SMILES string of the molecule is FC(F)(F)c1cccc(C(F)(F)F)c1N=CCc1cccc2cc[nH]c12. The number of para-hydroxylation sites is 2. The average Bonchev–Trinajstić information content (AvgIpc) is 3.02. The Labute approximate surface area is 144 Å². The summed E-state index contributed by atoms with van der Waals surface area (Å²) in [4.78, 5) is 6.53. The molecule has 0 saturated heterocycles. The van der Waals surface area contributed by atoms with Gasteiger partial charge in [0.05, 0.1) is 16.8 Å². The Bertz CT molecular complexity index is 918. The average molecular weight is 370 g/mol. The maximum Gasteiger partial charge on any atom is 0.418 e. The number of hydrogen-bond donors (Lipinski definition) is 1. The van der Waals surface area contributed by atoms with E-state index in [4.69, 9.17) is 0 Å². The van der Waals surface area contributed by atoms with E-state index in [1.54, 1.807) is 18.3 Å². The van der Waals surface area contributed by atoms with Gasteiger partial charge in [-0.25, -0.2) is 0 Å². The third-order valence-corrected chi connectivity index (χ3v) is 3.85. The number of H-pyrrole nitrogens is 1. The van der Waals surface area contributed by atoms with Crippen molar-refractivity contribution in [2.24, 2.45) is 4.99 Å². The Morgan fingerprint density at radius 1 is 0.846 bits per heavy atom. The van der Waals surface area contributed by atoms with Crippen molar-refractivity contribution >= 4 is 22.8 Å². The molecule has 0 aliphatic rings. The lowest BCUT2D eigenvalue weighted by Crippen LogP contribution is -2.11. The zero-order chi connectivity index (χ0) is 18.9. The standard InChI is InChI=1S/C18H12F6N2/c19-17(20,21)13-5-2-6-14(18(22,23)24)16(13)26-10-8-12-4-1-3-11-7-9-25-15(11)12/h1-7,9-10,25H,8H2. The van der Waals surface area contributed by atoms with Gasteiger partial charge in [-0.1, -0.05) is 24.3 Å². The van der Waals surface area contributed by atoms with Crippen molar-refractivity contribution in [3.63, 3.8) is 0 Å². The van der Waals surface area contributed by atoms with E-state index >= 15 is 0 Å². The third-order valence-electron chi connectivity index (χ3n) is 3.85. The van der Waals surface area contributed by atoms with Crippen molar-refractivity contribution in [2.75, 3.05) is 0 Å². The molecule has 0 unspecified atom stereocenters. The number of alkyl halides is 6. The molecule has 0 spiro atoms. The summed E-state index contributed by atoms with van der Waals surface area (Å²) in [5.41, 5.74) is -2.47. The van der Waals surface area contributed by atoms with Gasteiger partial charge >= 0.3 is 12.4 Å². The number of fused-ring (bicyclic) bond motifs is 1. The van der Waals surface area contributed by atoms with Gasteiger partial charge in [0.2, 0.25) is 0 Å². The Balaban J connectivity index is 2.00. The lowest BCUT2D eigenvalue weighted by atomic mass is 10.1. The van der Waals surface area contributed by atoms with Crippen molar-refractivity contribution in [1.82, 2.24) is 4.98 Å². The predicted molar refractivity (Wildman–Crippen MR) is 86.6 cm³/mol. The number of halogens is 6. The fourth-order valence-electron chi connectivity index (χ4n) is 2.70. The van der Waals surface area contributed by atoms with E-state index in [1.807, 2.05) is 12.1 Å². The molecule has 0 aliphatic heterocycles. The van der Waals surface area contributed by atoms with Gasteiger partial charge < -0.3 is 4.98 Å². The van der Waals surface area contributed by atoms with Gasteiger partial charge in [0, 0.05) is 24.3 Å². The first kappa shape index (κ1) is 18.0. The molecule has 26 heavy (non-hydrogen) atoms. The zero-order valence-corrected chi connectivity index (χ0v) is 13.1. The zero-order valence-electron chi connectivity index (χ0n) is 13.1. The molecule has 8 heteroatoms. The summed E-state index contributed by atoms with van der Waals surface area (Å²) in [6.07, 6.45) is -7.02. The van der Waals surface area contributed by atoms with Gasteiger partial charge in [-0.3, -0.25) is 4.99 Å². The molecule has 0 radical (unpaired) electrons. The minimum Gasteiger partial charge on any atom is -0.361 e. The van der Waals surface area contributed by atoms with Crippen LogP contribution in [0, 0.1) is 0 Å². The first-order chi connectivity index (χ1) is 12.2. The quantitative estimate of drug-likeness (QED) is 0.423. The highest BCUT2D eigenvalue weighted by molar-refractivity contribution is 5.85. The van der Waals surface area contributed by atoms with Crippen molar-refractivity contribution < 1.29 is 26.3 Å². The van der Waals surface area contributed by atoms with E-state index in [-0.39, 0.29) is 6.42 Å². The fraction of sp³-hybridized carbons (Fsp3) is 0.167. The van der Waals surface area contributed by atoms with Crippen LogP contribution < -0.4 is 0 Å². The Kier molecular flexibility index (Phi) is 4.52. The Hall–Kier alpha value is -2.77. The largest absolute Gasteiger partial charge is 0.418 e. The number of aliphatic imine (C=N–C) groups is 1. The molecule has 1 heterocycles. The Morgan fingerprint density at radius 2 is 1.46 bits per heavy atom. The monoisotopic (exact) mass is 370 g/mol. The number of hydrogen-bond acceptors (Lipinski definition) is 1. The molecule has 136 valence electrons. The minimum atomic E-state index is -4.94. The van der Waals surface area contributed by atoms with Gasteiger partial charge in [0.25, 0.3) is 0 Å². The molecule has 2 aromatic carbocycles.